The molecule has 3 N–H and O–H groups in total. The number of methoxy groups -OCH3 is 1. The number of aliphatic carboxylic acids is 1. The molecule has 25 heavy (non-hydrogen) atoms. The molecule has 1 amide bonds. The van der Waals surface area contributed by atoms with E-state index in [2.05, 4.69) is 15.4 Å². The number of hydrogen-bond donors (Lipinski definition) is 3. The Balaban J connectivity index is 2.82. The van der Waals surface area contributed by atoms with Crippen molar-refractivity contribution >= 4 is 23.5 Å². The van der Waals surface area contributed by atoms with Gasteiger partial charge in [-0.05, 0) is 30.2 Å². The van der Waals surface area contributed by atoms with Gasteiger partial charge in [0.25, 0.3) is 5.91 Å². The number of nitriles is 1. The molecule has 1 aromatic rings. The number of carbonyl (C=O) groups is 3. The van der Waals surface area contributed by atoms with Crippen LogP contribution in [-0.4, -0.2) is 36.1 Å². The van der Waals surface area contributed by atoms with Crippen molar-refractivity contribution in [1.29, 1.82) is 5.26 Å². The van der Waals surface area contributed by atoms with Crippen LogP contribution in [0.15, 0.2) is 36.0 Å². The van der Waals surface area contributed by atoms with E-state index >= 15 is 0 Å². The smallest absolute Gasteiger partial charge is 0.337 e. The molecule has 1 aromatic carbocycles. The molecule has 0 saturated carbocycles. The first-order valence-corrected chi connectivity index (χ1v) is 7.39. The van der Waals surface area contributed by atoms with Gasteiger partial charge in [0.15, 0.2) is 0 Å². The van der Waals surface area contributed by atoms with Gasteiger partial charge in [0, 0.05) is 11.9 Å². The lowest BCUT2D eigenvalue weighted by atomic mass is 10.0. The quantitative estimate of drug-likeness (QED) is 0.388. The molecule has 8 heteroatoms. The van der Waals surface area contributed by atoms with E-state index in [1.807, 2.05) is 0 Å². The second-order valence-electron chi connectivity index (χ2n) is 5.42. The number of amides is 1. The Bertz CT molecular complexity index is 717. The van der Waals surface area contributed by atoms with E-state index in [9.17, 15) is 14.4 Å². The number of ether oxygens (including phenoxy) is 1. The summed E-state index contributed by atoms with van der Waals surface area (Å²) in [5, 5.41) is 23.2. The summed E-state index contributed by atoms with van der Waals surface area (Å²) in [6.07, 6.45) is 1.17. The number of benzene rings is 1. The topological polar surface area (TPSA) is 129 Å². The highest BCUT2D eigenvalue weighted by molar-refractivity contribution is 5.99. The second-order valence-corrected chi connectivity index (χ2v) is 5.42. The summed E-state index contributed by atoms with van der Waals surface area (Å²) in [7, 11) is 1.27. The van der Waals surface area contributed by atoms with Crippen LogP contribution < -0.4 is 10.6 Å². The Labute approximate surface area is 145 Å². The summed E-state index contributed by atoms with van der Waals surface area (Å²) in [5.41, 5.74) is 0.618. The monoisotopic (exact) mass is 345 g/mol. The zero-order valence-corrected chi connectivity index (χ0v) is 14.1. The normalized spacial score (nSPS) is 12.0. The zero-order valence-electron chi connectivity index (χ0n) is 14.1. The van der Waals surface area contributed by atoms with Gasteiger partial charge in [-0.25, -0.2) is 9.59 Å². The van der Waals surface area contributed by atoms with Gasteiger partial charge in [0.1, 0.15) is 17.7 Å². The molecule has 0 aliphatic carbocycles. The Morgan fingerprint density at radius 1 is 1.24 bits per heavy atom. The van der Waals surface area contributed by atoms with Gasteiger partial charge in [0.05, 0.1) is 12.7 Å². The molecular formula is C17H19N3O5. The average molecular weight is 345 g/mol. The van der Waals surface area contributed by atoms with Crippen molar-refractivity contribution < 1.29 is 24.2 Å². The zero-order chi connectivity index (χ0) is 19.0. The van der Waals surface area contributed by atoms with E-state index in [-0.39, 0.29) is 11.5 Å². The number of carboxylic acids is 1. The summed E-state index contributed by atoms with van der Waals surface area (Å²) >= 11 is 0. The Hall–Kier alpha value is -3.34. The van der Waals surface area contributed by atoms with Gasteiger partial charge in [-0.1, -0.05) is 13.8 Å². The van der Waals surface area contributed by atoms with Gasteiger partial charge in [-0.3, -0.25) is 4.79 Å². The van der Waals surface area contributed by atoms with Gasteiger partial charge in [-0.15, -0.1) is 0 Å². The third-order valence-electron chi connectivity index (χ3n) is 3.27. The second kappa shape index (κ2) is 9.08. The fraction of sp³-hybridized carbons (Fsp3) is 0.294. The van der Waals surface area contributed by atoms with E-state index in [0.29, 0.717) is 11.3 Å². The van der Waals surface area contributed by atoms with Crippen molar-refractivity contribution in [2.24, 2.45) is 5.92 Å². The fourth-order valence-corrected chi connectivity index (χ4v) is 1.86. The molecule has 0 heterocycles. The molecule has 0 saturated heterocycles. The number of anilines is 1. The lowest BCUT2D eigenvalue weighted by Crippen LogP contribution is -2.44. The number of nitrogens with one attached hydrogen (secondary N) is 2. The first kappa shape index (κ1) is 19.7. The lowest BCUT2D eigenvalue weighted by molar-refractivity contribution is -0.142. The highest BCUT2D eigenvalue weighted by Crippen LogP contribution is 2.11. The van der Waals surface area contributed by atoms with Crippen molar-refractivity contribution in [3.63, 3.8) is 0 Å². The average Bonchev–Trinajstić information content (AvgIpc) is 2.59. The number of carboxylic acid groups (broad SMARTS) is 1. The maximum atomic E-state index is 12.0. The molecule has 0 bridgehead atoms. The van der Waals surface area contributed by atoms with Crippen LogP contribution in [0, 0.1) is 17.2 Å². The van der Waals surface area contributed by atoms with Crippen LogP contribution in [0.2, 0.25) is 0 Å². The van der Waals surface area contributed by atoms with Gasteiger partial charge in [0.2, 0.25) is 0 Å². The molecule has 8 nitrogen and oxygen atoms in total. The maximum absolute atomic E-state index is 12.0. The number of nitrogens with zero attached hydrogens (tertiary/aromatic N) is 1. The standard InChI is InChI=1S/C17H19N3O5/c1-10(2)14(16(22)23)20-15(21)12(8-18)9-19-13-6-4-11(5-7-13)17(24)25-3/h4-7,9-10,14,19H,1-3H3,(H,20,21)(H,22,23)/b12-9-. The van der Waals surface area contributed by atoms with Crippen molar-refractivity contribution in [2.45, 2.75) is 19.9 Å². The molecule has 0 aliphatic heterocycles. The van der Waals surface area contributed by atoms with Crippen LogP contribution in [-0.2, 0) is 14.3 Å². The number of esters is 1. The third-order valence-corrected chi connectivity index (χ3v) is 3.27. The number of rotatable bonds is 7. The number of hydrogen-bond acceptors (Lipinski definition) is 6. The van der Waals surface area contributed by atoms with E-state index in [4.69, 9.17) is 10.4 Å². The molecule has 0 aliphatic rings. The van der Waals surface area contributed by atoms with Crippen molar-refractivity contribution in [3.8, 4) is 6.07 Å². The van der Waals surface area contributed by atoms with Gasteiger partial charge < -0.3 is 20.5 Å². The summed E-state index contributed by atoms with van der Waals surface area (Å²) in [6.45, 7) is 3.30. The molecule has 1 atom stereocenters. The minimum absolute atomic E-state index is 0.274. The van der Waals surface area contributed by atoms with Crippen molar-refractivity contribution in [2.75, 3.05) is 12.4 Å². The first-order valence-electron chi connectivity index (χ1n) is 7.39. The number of carbonyl (C=O) groups excluding carboxylic acids is 2. The van der Waals surface area contributed by atoms with Crippen LogP contribution in [0.1, 0.15) is 24.2 Å². The predicted molar refractivity (Wildman–Crippen MR) is 89.5 cm³/mol. The predicted octanol–water partition coefficient (Wildman–Crippen LogP) is 1.52. The van der Waals surface area contributed by atoms with Crippen molar-refractivity contribution in [1.82, 2.24) is 5.32 Å². The minimum Gasteiger partial charge on any atom is -0.480 e. The summed E-state index contributed by atoms with van der Waals surface area (Å²) in [6, 6.07) is 6.81. The van der Waals surface area contributed by atoms with Crippen LogP contribution in [0.3, 0.4) is 0 Å². The summed E-state index contributed by atoms with van der Waals surface area (Å²) in [4.78, 5) is 34.5. The molecule has 1 rings (SSSR count). The molecule has 0 spiro atoms. The summed E-state index contributed by atoms with van der Waals surface area (Å²) in [5.74, 6) is -2.78. The highest BCUT2D eigenvalue weighted by atomic mass is 16.5. The Morgan fingerprint density at radius 2 is 1.84 bits per heavy atom. The SMILES string of the molecule is COC(=O)c1ccc(N/C=C(/C#N)C(=O)NC(C(=O)O)C(C)C)cc1. The van der Waals surface area contributed by atoms with Crippen LogP contribution in [0.4, 0.5) is 5.69 Å². The third kappa shape index (κ3) is 5.66. The van der Waals surface area contributed by atoms with E-state index in [0.717, 1.165) is 0 Å². The summed E-state index contributed by atoms with van der Waals surface area (Å²) < 4.78 is 4.58. The fourth-order valence-electron chi connectivity index (χ4n) is 1.86. The minimum atomic E-state index is -1.17. The molecule has 0 fully saturated rings. The van der Waals surface area contributed by atoms with E-state index in [1.54, 1.807) is 32.0 Å². The van der Waals surface area contributed by atoms with Crippen molar-refractivity contribution in [3.05, 3.63) is 41.6 Å². The van der Waals surface area contributed by atoms with Gasteiger partial charge >= 0.3 is 11.9 Å². The Kier molecular flexibility index (Phi) is 7.16. The van der Waals surface area contributed by atoms with Crippen LogP contribution in [0.5, 0.6) is 0 Å². The Morgan fingerprint density at radius 3 is 2.28 bits per heavy atom. The molecule has 132 valence electrons. The van der Waals surface area contributed by atoms with Crippen LogP contribution in [0.25, 0.3) is 0 Å². The van der Waals surface area contributed by atoms with Gasteiger partial charge in [-0.2, -0.15) is 5.26 Å². The van der Waals surface area contributed by atoms with Crippen LogP contribution >= 0.6 is 0 Å². The molecular weight excluding hydrogens is 326 g/mol. The molecule has 1 unspecified atom stereocenters. The lowest BCUT2D eigenvalue weighted by Gasteiger charge is -2.17. The molecule has 0 radical (unpaired) electrons. The van der Waals surface area contributed by atoms with E-state index in [1.165, 1.54) is 25.4 Å². The van der Waals surface area contributed by atoms with E-state index < -0.39 is 23.9 Å². The maximum Gasteiger partial charge on any atom is 0.337 e. The molecule has 0 aromatic heterocycles. The highest BCUT2D eigenvalue weighted by Gasteiger charge is 2.24. The first-order chi connectivity index (χ1) is 11.8. The largest absolute Gasteiger partial charge is 0.480 e.